The summed E-state index contributed by atoms with van der Waals surface area (Å²) >= 11 is 0. The third kappa shape index (κ3) is 2.66. The summed E-state index contributed by atoms with van der Waals surface area (Å²) in [5.74, 6) is 0.167. The van der Waals surface area contributed by atoms with Crippen LogP contribution in [0.15, 0.2) is 0 Å². The SMILES string of the molecule is CC(C)N1C[C@H](C(=O)N2CCN(C)CC2)CC1=O. The van der Waals surface area contributed by atoms with Gasteiger partial charge >= 0.3 is 0 Å². The number of likely N-dealkylation sites (N-methyl/N-ethyl adjacent to an activating group) is 1. The van der Waals surface area contributed by atoms with E-state index in [0.717, 1.165) is 26.2 Å². The zero-order chi connectivity index (χ0) is 13.3. The maximum absolute atomic E-state index is 12.3. The van der Waals surface area contributed by atoms with Crippen LogP contribution in [-0.2, 0) is 9.59 Å². The van der Waals surface area contributed by atoms with E-state index in [1.807, 2.05) is 23.6 Å². The van der Waals surface area contributed by atoms with E-state index in [1.165, 1.54) is 0 Å². The van der Waals surface area contributed by atoms with Crippen molar-refractivity contribution in [1.29, 1.82) is 0 Å². The molecular formula is C13H23N3O2. The second-order valence-electron chi connectivity index (χ2n) is 5.67. The van der Waals surface area contributed by atoms with Gasteiger partial charge in [-0.05, 0) is 20.9 Å². The molecule has 0 spiro atoms. The van der Waals surface area contributed by atoms with Gasteiger partial charge in [0.25, 0.3) is 0 Å². The molecule has 2 aliphatic heterocycles. The zero-order valence-electron chi connectivity index (χ0n) is 11.6. The molecule has 5 nitrogen and oxygen atoms in total. The van der Waals surface area contributed by atoms with Crippen LogP contribution in [0.5, 0.6) is 0 Å². The summed E-state index contributed by atoms with van der Waals surface area (Å²) in [4.78, 5) is 30.1. The molecular weight excluding hydrogens is 230 g/mol. The average Bonchev–Trinajstić information content (AvgIpc) is 2.71. The fourth-order valence-corrected chi connectivity index (χ4v) is 2.68. The average molecular weight is 253 g/mol. The third-order valence-corrected chi connectivity index (χ3v) is 3.95. The lowest BCUT2D eigenvalue weighted by Crippen LogP contribution is -2.49. The minimum atomic E-state index is -0.122. The van der Waals surface area contributed by atoms with Crippen molar-refractivity contribution < 1.29 is 9.59 Å². The molecule has 0 saturated carbocycles. The van der Waals surface area contributed by atoms with Crippen molar-refractivity contribution in [3.8, 4) is 0 Å². The molecule has 0 aromatic carbocycles. The van der Waals surface area contributed by atoms with Crippen LogP contribution < -0.4 is 0 Å². The van der Waals surface area contributed by atoms with Crippen LogP contribution in [0.3, 0.4) is 0 Å². The highest BCUT2D eigenvalue weighted by atomic mass is 16.2. The predicted molar refractivity (Wildman–Crippen MR) is 69.0 cm³/mol. The molecule has 102 valence electrons. The second kappa shape index (κ2) is 5.26. The number of likely N-dealkylation sites (tertiary alicyclic amines) is 1. The van der Waals surface area contributed by atoms with Crippen LogP contribution in [0, 0.1) is 5.92 Å². The van der Waals surface area contributed by atoms with Gasteiger partial charge in [-0.25, -0.2) is 0 Å². The Bertz CT molecular complexity index is 335. The van der Waals surface area contributed by atoms with Gasteiger partial charge in [-0.3, -0.25) is 9.59 Å². The molecule has 0 unspecified atom stereocenters. The molecule has 1 atom stereocenters. The van der Waals surface area contributed by atoms with E-state index < -0.39 is 0 Å². The number of nitrogens with zero attached hydrogens (tertiary/aromatic N) is 3. The number of carbonyl (C=O) groups is 2. The molecule has 2 heterocycles. The Labute approximate surface area is 109 Å². The lowest BCUT2D eigenvalue weighted by Gasteiger charge is -2.34. The van der Waals surface area contributed by atoms with Gasteiger partial charge in [0.05, 0.1) is 5.92 Å². The largest absolute Gasteiger partial charge is 0.340 e. The summed E-state index contributed by atoms with van der Waals surface area (Å²) in [6, 6.07) is 0.197. The highest BCUT2D eigenvalue weighted by Gasteiger charge is 2.37. The number of hydrogen-bond donors (Lipinski definition) is 0. The Balaban J connectivity index is 1.93. The molecule has 2 rings (SSSR count). The molecule has 2 aliphatic rings. The van der Waals surface area contributed by atoms with E-state index in [0.29, 0.717) is 13.0 Å². The first-order valence-electron chi connectivity index (χ1n) is 6.76. The number of hydrogen-bond acceptors (Lipinski definition) is 3. The molecule has 0 bridgehead atoms. The standard InChI is InChI=1S/C13H23N3O2/c1-10(2)16-9-11(8-12(16)17)13(18)15-6-4-14(3)5-7-15/h10-11H,4-9H2,1-3H3/t11-/m1/s1. The van der Waals surface area contributed by atoms with E-state index in [-0.39, 0.29) is 23.8 Å². The first-order valence-corrected chi connectivity index (χ1v) is 6.76. The smallest absolute Gasteiger partial charge is 0.228 e. The molecule has 0 aromatic heterocycles. The fourth-order valence-electron chi connectivity index (χ4n) is 2.68. The molecule has 2 fully saturated rings. The van der Waals surface area contributed by atoms with Crippen molar-refractivity contribution in [1.82, 2.24) is 14.7 Å². The lowest BCUT2D eigenvalue weighted by molar-refractivity contribution is -0.137. The number of carbonyl (C=O) groups excluding carboxylic acids is 2. The van der Waals surface area contributed by atoms with Crippen LogP contribution >= 0.6 is 0 Å². The molecule has 0 N–H and O–H groups in total. The summed E-state index contributed by atoms with van der Waals surface area (Å²) in [7, 11) is 2.07. The van der Waals surface area contributed by atoms with Crippen LogP contribution in [0.1, 0.15) is 20.3 Å². The molecule has 2 amide bonds. The normalized spacial score (nSPS) is 26.2. The van der Waals surface area contributed by atoms with Crippen LogP contribution in [-0.4, -0.2) is 72.3 Å². The lowest BCUT2D eigenvalue weighted by atomic mass is 10.1. The van der Waals surface area contributed by atoms with Gasteiger partial charge in [0, 0.05) is 45.2 Å². The Kier molecular flexibility index (Phi) is 3.90. The Morgan fingerprint density at radius 3 is 2.33 bits per heavy atom. The van der Waals surface area contributed by atoms with Crippen molar-refractivity contribution in [3.05, 3.63) is 0 Å². The molecule has 5 heteroatoms. The first-order chi connectivity index (χ1) is 8.49. The van der Waals surface area contributed by atoms with Gasteiger partial charge in [-0.1, -0.05) is 0 Å². The third-order valence-electron chi connectivity index (χ3n) is 3.95. The Morgan fingerprint density at radius 1 is 1.22 bits per heavy atom. The molecule has 0 aliphatic carbocycles. The minimum Gasteiger partial charge on any atom is -0.340 e. The minimum absolute atomic E-state index is 0.122. The van der Waals surface area contributed by atoms with Gasteiger partial charge in [-0.15, -0.1) is 0 Å². The van der Waals surface area contributed by atoms with Crippen LogP contribution in [0.25, 0.3) is 0 Å². The summed E-state index contributed by atoms with van der Waals surface area (Å²) in [5.41, 5.74) is 0. The second-order valence-corrected chi connectivity index (χ2v) is 5.67. The molecule has 0 aromatic rings. The monoisotopic (exact) mass is 253 g/mol. The molecule has 0 radical (unpaired) electrons. The topological polar surface area (TPSA) is 43.9 Å². The molecule has 18 heavy (non-hydrogen) atoms. The first kappa shape index (κ1) is 13.3. The van der Waals surface area contributed by atoms with E-state index in [1.54, 1.807) is 0 Å². The van der Waals surface area contributed by atoms with Crippen molar-refractivity contribution in [2.75, 3.05) is 39.8 Å². The highest BCUT2D eigenvalue weighted by molar-refractivity contribution is 5.89. The number of rotatable bonds is 2. The Hall–Kier alpha value is -1.10. The number of amides is 2. The number of piperazine rings is 1. The van der Waals surface area contributed by atoms with Crippen LogP contribution in [0.2, 0.25) is 0 Å². The molecule has 2 saturated heterocycles. The van der Waals surface area contributed by atoms with Crippen molar-refractivity contribution in [2.45, 2.75) is 26.3 Å². The van der Waals surface area contributed by atoms with Crippen molar-refractivity contribution in [3.63, 3.8) is 0 Å². The van der Waals surface area contributed by atoms with E-state index >= 15 is 0 Å². The quantitative estimate of drug-likeness (QED) is 0.697. The van der Waals surface area contributed by atoms with Crippen molar-refractivity contribution in [2.24, 2.45) is 5.92 Å². The van der Waals surface area contributed by atoms with Gasteiger partial charge < -0.3 is 14.7 Å². The van der Waals surface area contributed by atoms with Gasteiger partial charge in [0.2, 0.25) is 11.8 Å². The van der Waals surface area contributed by atoms with Gasteiger partial charge in [0.15, 0.2) is 0 Å². The highest BCUT2D eigenvalue weighted by Crippen LogP contribution is 2.22. The summed E-state index contributed by atoms with van der Waals surface area (Å²) < 4.78 is 0. The van der Waals surface area contributed by atoms with Gasteiger partial charge in [-0.2, -0.15) is 0 Å². The predicted octanol–water partition coefficient (Wildman–Crippen LogP) is 0.0173. The van der Waals surface area contributed by atoms with E-state index in [9.17, 15) is 9.59 Å². The van der Waals surface area contributed by atoms with Gasteiger partial charge in [0.1, 0.15) is 0 Å². The fraction of sp³-hybridized carbons (Fsp3) is 0.846. The Morgan fingerprint density at radius 2 is 1.83 bits per heavy atom. The van der Waals surface area contributed by atoms with Crippen molar-refractivity contribution >= 4 is 11.8 Å². The van der Waals surface area contributed by atoms with E-state index in [4.69, 9.17) is 0 Å². The van der Waals surface area contributed by atoms with E-state index in [2.05, 4.69) is 11.9 Å². The summed E-state index contributed by atoms with van der Waals surface area (Å²) in [6.07, 6.45) is 0.392. The maximum Gasteiger partial charge on any atom is 0.228 e. The maximum atomic E-state index is 12.3. The zero-order valence-corrected chi connectivity index (χ0v) is 11.6. The summed E-state index contributed by atoms with van der Waals surface area (Å²) in [6.45, 7) is 8.05. The van der Waals surface area contributed by atoms with Crippen LogP contribution in [0.4, 0.5) is 0 Å². The summed E-state index contributed by atoms with van der Waals surface area (Å²) in [5, 5.41) is 0.